The molecule has 5 heteroatoms. The van der Waals surface area contributed by atoms with Gasteiger partial charge in [0.2, 0.25) is 0 Å². The van der Waals surface area contributed by atoms with Gasteiger partial charge in [-0.15, -0.1) is 0 Å². The monoisotopic (exact) mass is 346 g/mol. The predicted molar refractivity (Wildman–Crippen MR) is 85.9 cm³/mol. The lowest BCUT2D eigenvalue weighted by atomic mass is 10.1. The molecular formula is C16H15BrN2O2. The Morgan fingerprint density at radius 3 is 2.38 bits per heavy atom. The number of rotatable bonds is 4. The molecule has 0 saturated heterocycles. The Morgan fingerprint density at radius 2 is 1.76 bits per heavy atom. The Labute approximate surface area is 131 Å². The summed E-state index contributed by atoms with van der Waals surface area (Å²) in [6, 6.07) is 16.3. The van der Waals surface area contributed by atoms with E-state index in [9.17, 15) is 9.90 Å². The van der Waals surface area contributed by atoms with Crippen LogP contribution < -0.4 is 5.43 Å². The van der Waals surface area contributed by atoms with Crippen LogP contribution in [0.5, 0.6) is 0 Å². The maximum Gasteiger partial charge on any atom is 0.273 e. The Kier molecular flexibility index (Phi) is 5.25. The van der Waals surface area contributed by atoms with E-state index >= 15 is 0 Å². The predicted octanol–water partition coefficient (Wildman–Crippen LogP) is 3.02. The van der Waals surface area contributed by atoms with E-state index in [0.29, 0.717) is 11.3 Å². The molecule has 108 valence electrons. The molecule has 0 unspecified atom stereocenters. The minimum absolute atomic E-state index is 0.534. The molecule has 0 heterocycles. The first kappa shape index (κ1) is 15.4. The summed E-state index contributed by atoms with van der Waals surface area (Å²) >= 11 is 3.36. The van der Waals surface area contributed by atoms with E-state index in [1.165, 1.54) is 0 Å². The van der Waals surface area contributed by atoms with Crippen molar-refractivity contribution in [3.8, 4) is 0 Å². The molecular weight excluding hydrogens is 332 g/mol. The third-order valence-electron chi connectivity index (χ3n) is 2.96. The van der Waals surface area contributed by atoms with Crippen molar-refractivity contribution >= 4 is 27.5 Å². The fraction of sp³-hybridized carbons (Fsp3) is 0.125. The lowest BCUT2D eigenvalue weighted by Gasteiger charge is -2.09. The van der Waals surface area contributed by atoms with E-state index in [1.54, 1.807) is 31.2 Å². The lowest BCUT2D eigenvalue weighted by Crippen LogP contribution is -2.26. The standard InChI is InChI=1S/C16H15BrN2O2/c1-11(12-7-9-14(17)10-8-12)18-19-16(21)15(20)13-5-3-2-4-6-13/h2-10,15,20H,1H3,(H,19,21)/b18-11-/t15-/m0/s1. The SMILES string of the molecule is C/C(=N/NC(=O)[C@@H](O)c1ccccc1)c1ccc(Br)cc1. The van der Waals surface area contributed by atoms with Gasteiger partial charge in [-0.3, -0.25) is 4.79 Å². The van der Waals surface area contributed by atoms with Gasteiger partial charge in [-0.25, -0.2) is 5.43 Å². The van der Waals surface area contributed by atoms with Gasteiger partial charge in [0.15, 0.2) is 6.10 Å². The Morgan fingerprint density at radius 1 is 1.14 bits per heavy atom. The van der Waals surface area contributed by atoms with Crippen LogP contribution >= 0.6 is 15.9 Å². The number of nitrogens with one attached hydrogen (secondary N) is 1. The highest BCUT2D eigenvalue weighted by molar-refractivity contribution is 9.10. The first-order valence-corrected chi connectivity index (χ1v) is 7.20. The number of benzene rings is 2. The number of halogens is 1. The molecule has 1 amide bonds. The molecule has 0 saturated carbocycles. The zero-order valence-electron chi connectivity index (χ0n) is 11.5. The highest BCUT2D eigenvalue weighted by Gasteiger charge is 2.16. The fourth-order valence-electron chi connectivity index (χ4n) is 1.74. The second kappa shape index (κ2) is 7.15. The Hall–Kier alpha value is -1.98. The van der Waals surface area contributed by atoms with Crippen LogP contribution in [-0.4, -0.2) is 16.7 Å². The van der Waals surface area contributed by atoms with Crippen molar-refractivity contribution in [3.05, 3.63) is 70.2 Å². The first-order valence-electron chi connectivity index (χ1n) is 6.41. The molecule has 4 nitrogen and oxygen atoms in total. The van der Waals surface area contributed by atoms with Crippen molar-refractivity contribution in [2.75, 3.05) is 0 Å². The number of carbonyl (C=O) groups is 1. The fourth-order valence-corrected chi connectivity index (χ4v) is 2.01. The number of nitrogens with zero attached hydrogens (tertiary/aromatic N) is 1. The average Bonchev–Trinajstić information content (AvgIpc) is 2.53. The quantitative estimate of drug-likeness (QED) is 0.660. The van der Waals surface area contributed by atoms with Gasteiger partial charge in [0.05, 0.1) is 5.71 Å². The summed E-state index contributed by atoms with van der Waals surface area (Å²) < 4.78 is 0.975. The first-order chi connectivity index (χ1) is 10.1. The third-order valence-corrected chi connectivity index (χ3v) is 3.49. The summed E-state index contributed by atoms with van der Waals surface area (Å²) in [5, 5.41) is 13.9. The van der Waals surface area contributed by atoms with Gasteiger partial charge in [-0.2, -0.15) is 5.10 Å². The van der Waals surface area contributed by atoms with Crippen LogP contribution in [0.3, 0.4) is 0 Å². The van der Waals surface area contributed by atoms with Crippen molar-refractivity contribution in [1.29, 1.82) is 0 Å². The largest absolute Gasteiger partial charge is 0.378 e. The number of carbonyl (C=O) groups excluding carboxylic acids is 1. The summed E-state index contributed by atoms with van der Waals surface area (Å²) in [6.07, 6.45) is -1.23. The van der Waals surface area contributed by atoms with Crippen molar-refractivity contribution in [2.45, 2.75) is 13.0 Å². The summed E-state index contributed by atoms with van der Waals surface area (Å²) in [7, 11) is 0. The van der Waals surface area contributed by atoms with Crippen molar-refractivity contribution in [1.82, 2.24) is 5.43 Å². The third kappa shape index (κ3) is 4.24. The van der Waals surface area contributed by atoms with E-state index in [4.69, 9.17) is 0 Å². The van der Waals surface area contributed by atoms with E-state index in [-0.39, 0.29) is 0 Å². The van der Waals surface area contributed by atoms with E-state index in [1.807, 2.05) is 30.3 Å². The maximum atomic E-state index is 11.9. The molecule has 0 aromatic heterocycles. The number of amides is 1. The van der Waals surface area contributed by atoms with Gasteiger partial charge in [0.1, 0.15) is 0 Å². The highest BCUT2D eigenvalue weighted by atomic mass is 79.9. The van der Waals surface area contributed by atoms with Crippen LogP contribution in [0.15, 0.2) is 64.2 Å². The number of aliphatic hydroxyl groups is 1. The van der Waals surface area contributed by atoms with Crippen molar-refractivity contribution in [2.24, 2.45) is 5.10 Å². The zero-order chi connectivity index (χ0) is 15.2. The normalized spacial score (nSPS) is 12.8. The van der Waals surface area contributed by atoms with Crippen molar-refractivity contribution in [3.63, 3.8) is 0 Å². The molecule has 0 radical (unpaired) electrons. The molecule has 0 spiro atoms. The number of hydrazone groups is 1. The Bertz CT molecular complexity index is 639. The van der Waals surface area contributed by atoms with Crippen molar-refractivity contribution < 1.29 is 9.90 Å². The number of hydrogen-bond acceptors (Lipinski definition) is 3. The van der Waals surface area contributed by atoms with Gasteiger partial charge in [-0.05, 0) is 30.2 Å². The van der Waals surface area contributed by atoms with Gasteiger partial charge in [-0.1, -0.05) is 58.4 Å². The van der Waals surface area contributed by atoms with E-state index < -0.39 is 12.0 Å². The summed E-state index contributed by atoms with van der Waals surface area (Å²) in [5.74, 6) is -0.558. The zero-order valence-corrected chi connectivity index (χ0v) is 13.0. The lowest BCUT2D eigenvalue weighted by molar-refractivity contribution is -0.129. The summed E-state index contributed by atoms with van der Waals surface area (Å²) in [6.45, 7) is 1.79. The average molecular weight is 347 g/mol. The smallest absolute Gasteiger partial charge is 0.273 e. The molecule has 0 bridgehead atoms. The highest BCUT2D eigenvalue weighted by Crippen LogP contribution is 2.13. The minimum Gasteiger partial charge on any atom is -0.378 e. The van der Waals surface area contributed by atoms with Gasteiger partial charge < -0.3 is 5.11 Å². The van der Waals surface area contributed by atoms with Gasteiger partial charge in [0, 0.05) is 4.47 Å². The molecule has 0 aliphatic rings. The molecule has 2 rings (SSSR count). The molecule has 2 aromatic rings. The number of hydrogen-bond donors (Lipinski definition) is 2. The van der Waals surface area contributed by atoms with Crippen LogP contribution in [0.1, 0.15) is 24.2 Å². The van der Waals surface area contributed by atoms with E-state index in [0.717, 1.165) is 10.0 Å². The molecule has 0 aliphatic carbocycles. The van der Waals surface area contributed by atoms with Gasteiger partial charge >= 0.3 is 0 Å². The second-order valence-corrected chi connectivity index (χ2v) is 5.41. The van der Waals surface area contributed by atoms with Gasteiger partial charge in [0.25, 0.3) is 5.91 Å². The maximum absolute atomic E-state index is 11.9. The second-order valence-electron chi connectivity index (χ2n) is 4.49. The number of aliphatic hydroxyl groups excluding tert-OH is 1. The van der Waals surface area contributed by atoms with Crippen LogP contribution in [0.2, 0.25) is 0 Å². The molecule has 1 atom stereocenters. The summed E-state index contributed by atoms with van der Waals surface area (Å²) in [5.41, 5.74) is 4.47. The van der Waals surface area contributed by atoms with Crippen LogP contribution in [0.25, 0.3) is 0 Å². The molecule has 0 fully saturated rings. The van der Waals surface area contributed by atoms with Crippen LogP contribution in [0, 0.1) is 0 Å². The Balaban J connectivity index is 2.03. The molecule has 21 heavy (non-hydrogen) atoms. The minimum atomic E-state index is -1.23. The van der Waals surface area contributed by atoms with Crippen LogP contribution in [-0.2, 0) is 4.79 Å². The summed E-state index contributed by atoms with van der Waals surface area (Å²) in [4.78, 5) is 11.9. The topological polar surface area (TPSA) is 61.7 Å². The van der Waals surface area contributed by atoms with Crippen LogP contribution in [0.4, 0.5) is 0 Å². The molecule has 2 aromatic carbocycles. The molecule has 0 aliphatic heterocycles. The molecule has 2 N–H and O–H groups in total. The van der Waals surface area contributed by atoms with E-state index in [2.05, 4.69) is 26.5 Å².